The van der Waals surface area contributed by atoms with Crippen molar-refractivity contribution in [2.75, 3.05) is 0 Å². The Bertz CT molecular complexity index is 857. The minimum absolute atomic E-state index is 0.144. The summed E-state index contributed by atoms with van der Waals surface area (Å²) in [5, 5.41) is 8.52. The van der Waals surface area contributed by atoms with Crippen LogP contribution in [-0.4, -0.2) is 21.7 Å². The molecule has 5 heteroatoms. The molecule has 2 fully saturated rings. The first-order chi connectivity index (χ1) is 11.5. The van der Waals surface area contributed by atoms with E-state index in [0.29, 0.717) is 22.4 Å². The van der Waals surface area contributed by atoms with Crippen LogP contribution in [0.5, 0.6) is 0 Å². The van der Waals surface area contributed by atoms with Gasteiger partial charge in [-0.2, -0.15) is 5.10 Å². The minimum Gasteiger partial charge on any atom is -0.348 e. The fraction of sp³-hybridized carbons (Fsp3) is 0.526. The van der Waals surface area contributed by atoms with Crippen molar-refractivity contribution in [2.24, 2.45) is 24.8 Å². The summed E-state index contributed by atoms with van der Waals surface area (Å²) in [7, 11) is 1.59. The fourth-order valence-electron chi connectivity index (χ4n) is 4.76. The molecule has 2 aromatic rings. The van der Waals surface area contributed by atoms with Gasteiger partial charge < -0.3 is 5.32 Å². The number of carbonyl (C=O) groups excluding carboxylic acids is 1. The Morgan fingerprint density at radius 3 is 2.67 bits per heavy atom. The Hall–Kier alpha value is -2.17. The van der Waals surface area contributed by atoms with Crippen molar-refractivity contribution >= 4 is 16.7 Å². The van der Waals surface area contributed by atoms with E-state index in [4.69, 9.17) is 0 Å². The highest BCUT2D eigenvalue weighted by atomic mass is 16.2. The van der Waals surface area contributed by atoms with E-state index in [2.05, 4.69) is 17.3 Å². The van der Waals surface area contributed by atoms with Crippen molar-refractivity contribution in [1.29, 1.82) is 0 Å². The van der Waals surface area contributed by atoms with Crippen molar-refractivity contribution in [3.05, 3.63) is 40.3 Å². The molecule has 1 amide bonds. The van der Waals surface area contributed by atoms with Crippen LogP contribution in [0.2, 0.25) is 0 Å². The standard InChI is InChI=1S/C19H23N3O2/c1-11(16-10-12-7-8-13(16)9-12)20-18(23)17-14-5-3-4-6-15(14)19(24)22(2)21-17/h3-6,11-13,16H,7-10H2,1-2H3,(H,20,23)/t11-,12+,13+,16+/m1/s1. The van der Waals surface area contributed by atoms with Crippen LogP contribution >= 0.6 is 0 Å². The number of hydrogen-bond acceptors (Lipinski definition) is 3. The highest BCUT2D eigenvalue weighted by Gasteiger charge is 2.42. The molecule has 0 radical (unpaired) electrons. The van der Waals surface area contributed by atoms with Gasteiger partial charge in [-0.25, -0.2) is 4.68 Å². The molecule has 126 valence electrons. The Morgan fingerprint density at radius 2 is 2.00 bits per heavy atom. The summed E-state index contributed by atoms with van der Waals surface area (Å²) in [6, 6.07) is 7.32. The number of amides is 1. The smallest absolute Gasteiger partial charge is 0.274 e. The van der Waals surface area contributed by atoms with Gasteiger partial charge in [-0.1, -0.05) is 24.6 Å². The van der Waals surface area contributed by atoms with Crippen LogP contribution < -0.4 is 10.9 Å². The zero-order chi connectivity index (χ0) is 16.8. The summed E-state index contributed by atoms with van der Waals surface area (Å²) >= 11 is 0. The molecule has 0 unspecified atom stereocenters. The average molecular weight is 325 g/mol. The van der Waals surface area contributed by atoms with Crippen molar-refractivity contribution < 1.29 is 4.79 Å². The number of nitrogens with one attached hydrogen (secondary N) is 1. The number of aromatic nitrogens is 2. The Labute approximate surface area is 141 Å². The van der Waals surface area contributed by atoms with E-state index in [1.807, 2.05) is 12.1 Å². The Morgan fingerprint density at radius 1 is 1.25 bits per heavy atom. The molecule has 2 aliphatic rings. The summed E-state index contributed by atoms with van der Waals surface area (Å²) < 4.78 is 1.25. The maximum Gasteiger partial charge on any atom is 0.274 e. The minimum atomic E-state index is -0.183. The van der Waals surface area contributed by atoms with Crippen LogP contribution in [0.3, 0.4) is 0 Å². The number of carbonyl (C=O) groups is 1. The van der Waals surface area contributed by atoms with Crippen LogP contribution in [0.15, 0.2) is 29.1 Å². The van der Waals surface area contributed by atoms with Gasteiger partial charge >= 0.3 is 0 Å². The van der Waals surface area contributed by atoms with E-state index in [1.165, 1.54) is 30.4 Å². The molecular weight excluding hydrogens is 302 g/mol. The predicted octanol–water partition coefficient (Wildman–Crippen LogP) is 2.49. The van der Waals surface area contributed by atoms with Crippen molar-refractivity contribution in [1.82, 2.24) is 15.1 Å². The third kappa shape index (κ3) is 2.43. The molecule has 2 saturated carbocycles. The number of benzene rings is 1. The summed E-state index contributed by atoms with van der Waals surface area (Å²) in [6.45, 7) is 2.10. The van der Waals surface area contributed by atoms with E-state index in [0.717, 1.165) is 11.8 Å². The molecule has 4 atom stereocenters. The van der Waals surface area contributed by atoms with Gasteiger partial charge in [-0.15, -0.1) is 0 Å². The number of hydrogen-bond donors (Lipinski definition) is 1. The topological polar surface area (TPSA) is 64.0 Å². The lowest BCUT2D eigenvalue weighted by Gasteiger charge is -2.28. The second-order valence-corrected chi connectivity index (χ2v) is 7.42. The summed E-state index contributed by atoms with van der Waals surface area (Å²) in [4.78, 5) is 25.0. The van der Waals surface area contributed by atoms with E-state index in [1.54, 1.807) is 19.2 Å². The van der Waals surface area contributed by atoms with Gasteiger partial charge in [0.25, 0.3) is 11.5 Å². The van der Waals surface area contributed by atoms with Gasteiger partial charge in [-0.3, -0.25) is 9.59 Å². The normalized spacial score (nSPS) is 26.7. The van der Waals surface area contributed by atoms with Crippen LogP contribution in [-0.2, 0) is 7.05 Å². The molecule has 24 heavy (non-hydrogen) atoms. The highest BCUT2D eigenvalue weighted by molar-refractivity contribution is 6.04. The van der Waals surface area contributed by atoms with E-state index in [-0.39, 0.29) is 17.5 Å². The molecule has 4 rings (SSSR count). The van der Waals surface area contributed by atoms with Crippen LogP contribution in [0.4, 0.5) is 0 Å². The SMILES string of the molecule is C[C@@H](NC(=O)c1nn(C)c(=O)c2ccccc12)[C@@H]1C[C@H]2CC[C@H]1C2. The second kappa shape index (κ2) is 5.72. The zero-order valence-corrected chi connectivity index (χ0v) is 14.2. The zero-order valence-electron chi connectivity index (χ0n) is 14.2. The van der Waals surface area contributed by atoms with Crippen LogP contribution in [0.25, 0.3) is 10.8 Å². The van der Waals surface area contributed by atoms with Gasteiger partial charge in [-0.05, 0) is 50.0 Å². The Kier molecular flexibility index (Phi) is 3.66. The first-order valence-electron chi connectivity index (χ1n) is 8.81. The Balaban J connectivity index is 1.62. The molecule has 1 heterocycles. The van der Waals surface area contributed by atoms with Gasteiger partial charge in [0.15, 0.2) is 5.69 Å². The third-order valence-corrected chi connectivity index (χ3v) is 5.97. The molecule has 0 aliphatic heterocycles. The number of aryl methyl sites for hydroxylation is 1. The molecule has 2 aliphatic carbocycles. The molecule has 2 bridgehead atoms. The summed E-state index contributed by atoms with van der Waals surface area (Å²) in [5.41, 5.74) is 0.158. The van der Waals surface area contributed by atoms with E-state index in [9.17, 15) is 9.59 Å². The number of rotatable bonds is 3. The average Bonchev–Trinajstić information content (AvgIpc) is 3.21. The molecule has 1 aromatic heterocycles. The summed E-state index contributed by atoms with van der Waals surface area (Å²) in [6.07, 6.45) is 5.21. The lowest BCUT2D eigenvalue weighted by molar-refractivity contribution is 0.0910. The van der Waals surface area contributed by atoms with Gasteiger partial charge in [0.1, 0.15) is 0 Å². The number of nitrogens with zero attached hydrogens (tertiary/aromatic N) is 2. The molecule has 0 saturated heterocycles. The predicted molar refractivity (Wildman–Crippen MR) is 92.9 cm³/mol. The first kappa shape index (κ1) is 15.4. The second-order valence-electron chi connectivity index (χ2n) is 7.42. The van der Waals surface area contributed by atoms with Gasteiger partial charge in [0, 0.05) is 18.5 Å². The molecular formula is C19H23N3O2. The molecule has 1 aromatic carbocycles. The first-order valence-corrected chi connectivity index (χ1v) is 8.81. The summed E-state index contributed by atoms with van der Waals surface area (Å²) in [5.74, 6) is 2.01. The largest absolute Gasteiger partial charge is 0.348 e. The third-order valence-electron chi connectivity index (χ3n) is 5.97. The van der Waals surface area contributed by atoms with E-state index >= 15 is 0 Å². The van der Waals surface area contributed by atoms with Crippen molar-refractivity contribution in [3.8, 4) is 0 Å². The monoisotopic (exact) mass is 325 g/mol. The maximum absolute atomic E-state index is 12.8. The van der Waals surface area contributed by atoms with Gasteiger partial charge in [0.05, 0.1) is 5.39 Å². The lowest BCUT2D eigenvalue weighted by Crippen LogP contribution is -2.41. The fourth-order valence-corrected chi connectivity index (χ4v) is 4.76. The molecule has 5 nitrogen and oxygen atoms in total. The van der Waals surface area contributed by atoms with Gasteiger partial charge in [0.2, 0.25) is 0 Å². The van der Waals surface area contributed by atoms with Crippen molar-refractivity contribution in [2.45, 2.75) is 38.6 Å². The quantitative estimate of drug-likeness (QED) is 0.943. The van der Waals surface area contributed by atoms with Crippen molar-refractivity contribution in [3.63, 3.8) is 0 Å². The molecule has 1 N–H and O–H groups in total. The highest BCUT2D eigenvalue weighted by Crippen LogP contribution is 2.49. The van der Waals surface area contributed by atoms with Crippen LogP contribution in [0, 0.1) is 17.8 Å². The lowest BCUT2D eigenvalue weighted by atomic mass is 9.84. The van der Waals surface area contributed by atoms with Crippen LogP contribution in [0.1, 0.15) is 43.1 Å². The number of fused-ring (bicyclic) bond motifs is 3. The maximum atomic E-state index is 12.8. The van der Waals surface area contributed by atoms with E-state index < -0.39 is 0 Å². The molecule has 0 spiro atoms.